The quantitative estimate of drug-likeness (QED) is 0.738. The Morgan fingerprint density at radius 1 is 1.69 bits per heavy atom. The van der Waals surface area contributed by atoms with Crippen LogP contribution in [0.15, 0.2) is 12.3 Å². The number of carbonyl (C=O) groups excluding carboxylic acids is 1. The van der Waals surface area contributed by atoms with Crippen LogP contribution < -0.4 is 5.73 Å². The van der Waals surface area contributed by atoms with Crippen molar-refractivity contribution in [2.45, 2.75) is 25.9 Å². The summed E-state index contributed by atoms with van der Waals surface area (Å²) in [5.74, 6) is 0.263. The van der Waals surface area contributed by atoms with Crippen LogP contribution in [-0.2, 0) is 11.3 Å². The highest BCUT2D eigenvalue weighted by Gasteiger charge is 2.26. The van der Waals surface area contributed by atoms with Gasteiger partial charge in [0.05, 0.1) is 12.1 Å². The summed E-state index contributed by atoms with van der Waals surface area (Å²) in [6.45, 7) is 3.62. The Kier molecular flexibility index (Phi) is 3.54. The maximum absolute atomic E-state index is 11.8. The number of likely N-dealkylation sites (N-methyl/N-ethyl adjacent to an activating group) is 1. The van der Waals surface area contributed by atoms with Crippen molar-refractivity contribution >= 4 is 11.7 Å². The highest BCUT2D eigenvalue weighted by molar-refractivity contribution is 5.76. The lowest BCUT2D eigenvalue weighted by atomic mass is 10.1. The topological polar surface area (TPSA) is 84.4 Å². The zero-order valence-electron chi connectivity index (χ0n) is 9.84. The summed E-state index contributed by atoms with van der Waals surface area (Å²) in [6, 6.07) is 1.63. The lowest BCUT2D eigenvalue weighted by molar-refractivity contribution is -0.136. The minimum absolute atomic E-state index is 0.0868. The normalized spacial score (nSPS) is 11.5. The molecule has 0 fully saturated rings. The van der Waals surface area contributed by atoms with E-state index in [2.05, 4.69) is 5.10 Å². The molecule has 0 unspecified atom stereocenters. The fourth-order valence-corrected chi connectivity index (χ4v) is 1.15. The van der Waals surface area contributed by atoms with Gasteiger partial charge in [-0.05, 0) is 19.9 Å². The fourth-order valence-electron chi connectivity index (χ4n) is 1.15. The average Bonchev–Trinajstić information content (AvgIpc) is 2.62. The van der Waals surface area contributed by atoms with E-state index in [0.717, 1.165) is 0 Å². The minimum atomic E-state index is -0.574. The van der Waals surface area contributed by atoms with E-state index in [0.29, 0.717) is 5.82 Å². The van der Waals surface area contributed by atoms with Crippen LogP contribution in [-0.4, -0.2) is 44.9 Å². The van der Waals surface area contributed by atoms with E-state index in [-0.39, 0.29) is 19.1 Å². The number of aromatic nitrogens is 2. The third-order valence-corrected chi connectivity index (χ3v) is 2.63. The van der Waals surface area contributed by atoms with Crippen molar-refractivity contribution in [1.82, 2.24) is 14.7 Å². The summed E-state index contributed by atoms with van der Waals surface area (Å²) in [5, 5.41) is 13.1. The van der Waals surface area contributed by atoms with Gasteiger partial charge in [0.1, 0.15) is 12.4 Å². The molecule has 1 rings (SSSR count). The second kappa shape index (κ2) is 4.52. The molecule has 90 valence electrons. The molecule has 6 heteroatoms. The maximum atomic E-state index is 11.8. The highest BCUT2D eigenvalue weighted by Crippen LogP contribution is 2.11. The van der Waals surface area contributed by atoms with E-state index in [1.54, 1.807) is 33.2 Å². The molecule has 3 N–H and O–H groups in total. The molecule has 0 aromatic carbocycles. The van der Waals surface area contributed by atoms with Crippen molar-refractivity contribution in [2.24, 2.45) is 0 Å². The van der Waals surface area contributed by atoms with Gasteiger partial charge in [0.2, 0.25) is 5.91 Å². The number of nitrogen functional groups attached to an aromatic ring is 1. The summed E-state index contributed by atoms with van der Waals surface area (Å²) in [6.07, 6.45) is 1.65. The van der Waals surface area contributed by atoms with Crippen molar-refractivity contribution < 1.29 is 9.90 Å². The van der Waals surface area contributed by atoms with Gasteiger partial charge in [-0.15, -0.1) is 0 Å². The fraction of sp³-hybridized carbons (Fsp3) is 0.600. The molecule has 1 heterocycles. The van der Waals surface area contributed by atoms with Crippen molar-refractivity contribution in [3.8, 4) is 0 Å². The SMILES string of the molecule is CN(C(=O)Cn1ccc(N)n1)C(C)(C)CO. The molecule has 0 saturated carbocycles. The number of hydrogen-bond donors (Lipinski definition) is 2. The van der Waals surface area contributed by atoms with Crippen molar-refractivity contribution in [3.05, 3.63) is 12.3 Å². The molecule has 0 bridgehead atoms. The van der Waals surface area contributed by atoms with Gasteiger partial charge in [0.25, 0.3) is 0 Å². The van der Waals surface area contributed by atoms with Crippen LogP contribution in [0.25, 0.3) is 0 Å². The Bertz CT molecular complexity index is 373. The van der Waals surface area contributed by atoms with Gasteiger partial charge in [-0.3, -0.25) is 9.48 Å². The molecular formula is C10H18N4O2. The Balaban J connectivity index is 2.66. The number of rotatable bonds is 4. The molecule has 1 aromatic heterocycles. The van der Waals surface area contributed by atoms with Crippen LogP contribution in [0, 0.1) is 0 Å². The molecule has 6 nitrogen and oxygen atoms in total. The number of hydrogen-bond acceptors (Lipinski definition) is 4. The van der Waals surface area contributed by atoms with Crippen LogP contribution in [0.3, 0.4) is 0 Å². The minimum Gasteiger partial charge on any atom is -0.394 e. The van der Waals surface area contributed by atoms with Gasteiger partial charge >= 0.3 is 0 Å². The predicted octanol–water partition coefficient (Wildman–Crippen LogP) is -0.305. The van der Waals surface area contributed by atoms with Crippen LogP contribution in [0.5, 0.6) is 0 Å². The second-order valence-electron chi connectivity index (χ2n) is 4.36. The largest absolute Gasteiger partial charge is 0.394 e. The predicted molar refractivity (Wildman–Crippen MR) is 60.6 cm³/mol. The summed E-state index contributed by atoms with van der Waals surface area (Å²) in [4.78, 5) is 13.3. The van der Waals surface area contributed by atoms with E-state index < -0.39 is 5.54 Å². The molecule has 16 heavy (non-hydrogen) atoms. The first-order chi connectivity index (χ1) is 7.36. The van der Waals surface area contributed by atoms with E-state index >= 15 is 0 Å². The lowest BCUT2D eigenvalue weighted by Gasteiger charge is -2.33. The van der Waals surface area contributed by atoms with Gasteiger partial charge in [0.15, 0.2) is 0 Å². The number of amides is 1. The van der Waals surface area contributed by atoms with Crippen LogP contribution in [0.4, 0.5) is 5.82 Å². The van der Waals surface area contributed by atoms with Gasteiger partial charge < -0.3 is 15.7 Å². The Morgan fingerprint density at radius 3 is 2.75 bits per heavy atom. The van der Waals surface area contributed by atoms with Crippen LogP contribution >= 0.6 is 0 Å². The van der Waals surface area contributed by atoms with Gasteiger partial charge in [-0.2, -0.15) is 5.10 Å². The molecule has 1 amide bonds. The third kappa shape index (κ3) is 2.73. The van der Waals surface area contributed by atoms with Crippen LogP contribution in [0.2, 0.25) is 0 Å². The number of carbonyl (C=O) groups is 1. The van der Waals surface area contributed by atoms with E-state index in [1.165, 1.54) is 9.58 Å². The molecule has 0 spiro atoms. The third-order valence-electron chi connectivity index (χ3n) is 2.63. The first-order valence-electron chi connectivity index (χ1n) is 5.03. The zero-order valence-corrected chi connectivity index (χ0v) is 9.84. The average molecular weight is 226 g/mol. The maximum Gasteiger partial charge on any atom is 0.244 e. The second-order valence-corrected chi connectivity index (χ2v) is 4.36. The standard InChI is InChI=1S/C10H18N4O2/c1-10(2,7-15)13(3)9(16)6-14-5-4-8(11)12-14/h4-5,15H,6-7H2,1-3H3,(H2,11,12). The zero-order chi connectivity index (χ0) is 12.3. The Labute approximate surface area is 94.6 Å². The summed E-state index contributed by atoms with van der Waals surface area (Å²) in [5.41, 5.74) is 4.87. The number of nitrogens with two attached hydrogens (primary N) is 1. The monoisotopic (exact) mass is 226 g/mol. The number of anilines is 1. The molecule has 0 saturated heterocycles. The van der Waals surface area contributed by atoms with Gasteiger partial charge in [-0.1, -0.05) is 0 Å². The smallest absolute Gasteiger partial charge is 0.244 e. The van der Waals surface area contributed by atoms with Gasteiger partial charge in [-0.25, -0.2) is 0 Å². The molecule has 0 aliphatic rings. The summed E-state index contributed by atoms with van der Waals surface area (Å²) in [7, 11) is 1.66. The lowest BCUT2D eigenvalue weighted by Crippen LogP contribution is -2.48. The molecule has 1 aromatic rings. The summed E-state index contributed by atoms with van der Waals surface area (Å²) >= 11 is 0. The molecule has 0 aliphatic carbocycles. The van der Waals surface area contributed by atoms with Crippen LogP contribution in [0.1, 0.15) is 13.8 Å². The van der Waals surface area contributed by atoms with Crippen molar-refractivity contribution in [1.29, 1.82) is 0 Å². The summed E-state index contributed by atoms with van der Waals surface area (Å²) < 4.78 is 1.47. The Morgan fingerprint density at radius 2 is 2.31 bits per heavy atom. The number of aliphatic hydroxyl groups is 1. The first-order valence-corrected chi connectivity index (χ1v) is 5.03. The number of nitrogens with zero attached hydrogens (tertiary/aromatic N) is 3. The van der Waals surface area contributed by atoms with Gasteiger partial charge in [0, 0.05) is 13.2 Å². The first kappa shape index (κ1) is 12.5. The van der Waals surface area contributed by atoms with Crippen molar-refractivity contribution in [2.75, 3.05) is 19.4 Å². The number of aliphatic hydroxyl groups excluding tert-OH is 1. The van der Waals surface area contributed by atoms with Crippen molar-refractivity contribution in [3.63, 3.8) is 0 Å². The molecule has 0 aliphatic heterocycles. The molecule has 0 atom stereocenters. The Hall–Kier alpha value is -1.56. The van der Waals surface area contributed by atoms with E-state index in [9.17, 15) is 4.79 Å². The molecular weight excluding hydrogens is 208 g/mol. The van der Waals surface area contributed by atoms with E-state index in [4.69, 9.17) is 10.8 Å². The molecule has 0 radical (unpaired) electrons. The highest BCUT2D eigenvalue weighted by atomic mass is 16.3. The van der Waals surface area contributed by atoms with E-state index in [1.807, 2.05) is 0 Å².